The van der Waals surface area contributed by atoms with Gasteiger partial charge in [-0.2, -0.15) is 0 Å². The van der Waals surface area contributed by atoms with E-state index in [4.69, 9.17) is 1.37 Å². The number of aliphatic hydroxyl groups excluding tert-OH is 1. The lowest BCUT2D eigenvalue weighted by molar-refractivity contribution is 0.146. The third-order valence-electron chi connectivity index (χ3n) is 3.29. The van der Waals surface area contributed by atoms with Crippen LogP contribution in [0, 0.1) is 6.92 Å². The van der Waals surface area contributed by atoms with E-state index in [1.54, 1.807) is 55.5 Å². The third kappa shape index (κ3) is 4.40. The molecular formula is C17H23NO3S. The van der Waals surface area contributed by atoms with Gasteiger partial charge in [0, 0.05) is 7.41 Å². The Labute approximate surface area is 134 Å². The van der Waals surface area contributed by atoms with Crippen molar-refractivity contribution in [2.45, 2.75) is 38.3 Å². The lowest BCUT2D eigenvalue weighted by Crippen LogP contribution is -2.37. The Morgan fingerprint density at radius 3 is 2.18 bits per heavy atom. The molecule has 0 bridgehead atoms. The molecule has 0 saturated carbocycles. The number of nitrogens with one attached hydrogen (secondary N) is 1. The van der Waals surface area contributed by atoms with E-state index >= 15 is 0 Å². The second-order valence-corrected chi connectivity index (χ2v) is 6.79. The van der Waals surface area contributed by atoms with E-state index in [1.807, 2.05) is 13.0 Å². The zero-order valence-electron chi connectivity index (χ0n) is 14.0. The molecule has 120 valence electrons. The number of sulfonamides is 1. The van der Waals surface area contributed by atoms with Crippen LogP contribution in [0.3, 0.4) is 0 Å². The summed E-state index contributed by atoms with van der Waals surface area (Å²) in [6, 6.07) is 15.0. The number of aliphatic hydroxyl groups is 1. The Bertz CT molecular complexity index is 688. The van der Waals surface area contributed by atoms with Gasteiger partial charge in [-0.15, -0.1) is 0 Å². The lowest BCUT2D eigenvalue weighted by Gasteiger charge is -2.20. The van der Waals surface area contributed by atoms with Gasteiger partial charge in [0.15, 0.2) is 0 Å². The average Bonchev–Trinajstić information content (AvgIpc) is 2.57. The molecule has 2 atom stereocenters. The van der Waals surface area contributed by atoms with Crippen LogP contribution in [0.25, 0.3) is 0 Å². The lowest BCUT2D eigenvalue weighted by atomic mass is 10.0. The van der Waals surface area contributed by atoms with Crippen LogP contribution in [-0.2, 0) is 10.0 Å². The highest BCUT2D eigenvalue weighted by Crippen LogP contribution is 2.18. The Hall–Kier alpha value is -1.69. The first kappa shape index (κ1) is 16.7. The SMILES string of the molecule is Cc1ccc(S(=O)(=O)N[C@H](C)[C@@H](O)c2ccccc2)cc1.[2H]C. The van der Waals surface area contributed by atoms with Crippen LogP contribution >= 0.6 is 0 Å². The summed E-state index contributed by atoms with van der Waals surface area (Å²) in [5.41, 5.74) is 1.67. The normalized spacial score (nSPS) is 14.3. The Balaban J connectivity index is 0.00000127. The minimum absolute atomic E-state index is 0.195. The summed E-state index contributed by atoms with van der Waals surface area (Å²) >= 11 is 0. The van der Waals surface area contributed by atoms with Crippen molar-refractivity contribution in [3.05, 3.63) is 65.7 Å². The molecule has 0 unspecified atom stereocenters. The van der Waals surface area contributed by atoms with Gasteiger partial charge >= 0.3 is 0 Å². The average molecular weight is 322 g/mol. The summed E-state index contributed by atoms with van der Waals surface area (Å²) in [5, 5.41) is 10.2. The molecule has 2 aromatic rings. The van der Waals surface area contributed by atoms with Crippen molar-refractivity contribution >= 4 is 10.0 Å². The largest absolute Gasteiger partial charge is 0.387 e. The van der Waals surface area contributed by atoms with Crippen LogP contribution in [0.5, 0.6) is 0 Å². The maximum Gasteiger partial charge on any atom is 0.240 e. The van der Waals surface area contributed by atoms with Crippen LogP contribution in [0.15, 0.2) is 59.5 Å². The Morgan fingerprint density at radius 2 is 1.64 bits per heavy atom. The fourth-order valence-corrected chi connectivity index (χ4v) is 3.28. The highest BCUT2D eigenvalue weighted by molar-refractivity contribution is 7.89. The van der Waals surface area contributed by atoms with Crippen molar-refractivity contribution in [1.82, 2.24) is 4.72 Å². The van der Waals surface area contributed by atoms with Gasteiger partial charge in [0.1, 0.15) is 0 Å². The highest BCUT2D eigenvalue weighted by Gasteiger charge is 2.23. The summed E-state index contributed by atoms with van der Waals surface area (Å²) in [7, 11) is -2.39. The highest BCUT2D eigenvalue weighted by atomic mass is 32.2. The first-order chi connectivity index (χ1) is 10.9. The third-order valence-corrected chi connectivity index (χ3v) is 4.86. The molecule has 2 N–H and O–H groups in total. The molecule has 0 saturated heterocycles. The van der Waals surface area contributed by atoms with E-state index in [2.05, 4.69) is 4.72 Å². The standard InChI is InChI=1S/C16H19NO3S.CH4/c1-12-8-10-15(11-9-12)21(19,20)17-13(2)16(18)14-6-4-3-5-7-14;/h3-11,13,16-18H,1-2H3;1H4/t13-,16-;/m1./s1/i;1D. The van der Waals surface area contributed by atoms with Crippen molar-refractivity contribution in [1.29, 1.82) is 0 Å². The number of hydrogen-bond donors (Lipinski definition) is 2. The number of rotatable bonds is 5. The van der Waals surface area contributed by atoms with Gasteiger partial charge in [-0.05, 0) is 31.5 Å². The minimum atomic E-state index is -3.64. The molecule has 0 spiro atoms. The van der Waals surface area contributed by atoms with E-state index in [-0.39, 0.29) is 4.90 Å². The van der Waals surface area contributed by atoms with Crippen molar-refractivity contribution in [3.63, 3.8) is 0 Å². The molecule has 0 heterocycles. The molecular weight excluding hydrogens is 298 g/mol. The predicted molar refractivity (Wildman–Crippen MR) is 89.1 cm³/mol. The monoisotopic (exact) mass is 322 g/mol. The summed E-state index contributed by atoms with van der Waals surface area (Å²) in [6.07, 6.45) is -0.897. The van der Waals surface area contributed by atoms with E-state index < -0.39 is 22.2 Å². The minimum Gasteiger partial charge on any atom is -0.387 e. The van der Waals surface area contributed by atoms with E-state index in [0.29, 0.717) is 5.56 Å². The van der Waals surface area contributed by atoms with Gasteiger partial charge in [-0.25, -0.2) is 13.1 Å². The fourth-order valence-electron chi connectivity index (χ4n) is 2.03. The van der Waals surface area contributed by atoms with E-state index in [1.165, 1.54) is 7.40 Å². The van der Waals surface area contributed by atoms with Gasteiger partial charge in [-0.1, -0.05) is 55.4 Å². The summed E-state index contributed by atoms with van der Waals surface area (Å²) in [6.45, 7) is 3.54. The van der Waals surface area contributed by atoms with Crippen molar-refractivity contribution < 1.29 is 14.9 Å². The van der Waals surface area contributed by atoms with Crippen molar-refractivity contribution in [2.75, 3.05) is 0 Å². The van der Waals surface area contributed by atoms with E-state index in [0.717, 1.165) is 5.56 Å². The molecule has 0 aliphatic heterocycles. The fraction of sp³-hybridized carbons (Fsp3) is 0.294. The second kappa shape index (κ2) is 7.54. The molecule has 4 nitrogen and oxygen atoms in total. The van der Waals surface area contributed by atoms with Gasteiger partial charge in [0.05, 0.1) is 11.0 Å². The molecule has 0 aliphatic rings. The number of aryl methyl sites for hydroxylation is 1. The number of benzene rings is 2. The Morgan fingerprint density at radius 1 is 1.09 bits per heavy atom. The molecule has 0 aliphatic carbocycles. The van der Waals surface area contributed by atoms with Crippen molar-refractivity contribution in [2.24, 2.45) is 0 Å². The van der Waals surface area contributed by atoms with Gasteiger partial charge in [-0.3, -0.25) is 0 Å². The molecule has 5 heteroatoms. The molecule has 0 aromatic heterocycles. The summed E-state index contributed by atoms with van der Waals surface area (Å²) in [4.78, 5) is 0.195. The smallest absolute Gasteiger partial charge is 0.240 e. The van der Waals surface area contributed by atoms with Crippen LogP contribution < -0.4 is 4.72 Å². The van der Waals surface area contributed by atoms with Crippen LogP contribution in [0.1, 0.15) is 32.9 Å². The molecule has 0 radical (unpaired) electrons. The molecule has 0 amide bonds. The zero-order chi connectivity index (χ0) is 17.5. The molecule has 0 fully saturated rings. The first-order valence-electron chi connectivity index (χ1n) is 7.72. The quantitative estimate of drug-likeness (QED) is 0.889. The predicted octanol–water partition coefficient (Wildman–Crippen LogP) is 3.03. The molecule has 2 aromatic carbocycles. The van der Waals surface area contributed by atoms with Crippen LogP contribution in [0.2, 0.25) is 0 Å². The van der Waals surface area contributed by atoms with Gasteiger partial charge in [0.25, 0.3) is 0 Å². The molecule has 2 rings (SSSR count). The first-order valence-corrected chi connectivity index (χ1v) is 8.20. The topological polar surface area (TPSA) is 66.4 Å². The summed E-state index contributed by atoms with van der Waals surface area (Å²) < 4.78 is 32.8. The maximum atomic E-state index is 12.3. The van der Waals surface area contributed by atoms with Gasteiger partial charge < -0.3 is 5.11 Å². The van der Waals surface area contributed by atoms with Gasteiger partial charge in [0.2, 0.25) is 10.0 Å². The Kier molecular flexibility index (Phi) is 5.71. The number of hydrogen-bond acceptors (Lipinski definition) is 3. The van der Waals surface area contributed by atoms with Crippen molar-refractivity contribution in [3.8, 4) is 0 Å². The second-order valence-electron chi connectivity index (χ2n) is 5.08. The summed E-state index contributed by atoms with van der Waals surface area (Å²) in [5.74, 6) is 0. The zero-order valence-corrected chi connectivity index (χ0v) is 13.8. The van der Waals surface area contributed by atoms with E-state index in [9.17, 15) is 13.5 Å². The van der Waals surface area contributed by atoms with Crippen LogP contribution in [-0.4, -0.2) is 19.6 Å². The molecule has 22 heavy (non-hydrogen) atoms. The maximum absolute atomic E-state index is 12.3. The van der Waals surface area contributed by atoms with Crippen LogP contribution in [0.4, 0.5) is 0 Å².